The summed E-state index contributed by atoms with van der Waals surface area (Å²) in [5.74, 6) is 5.22. The number of amides is 1. The molecule has 1 rings (SSSR count). The molecule has 0 aliphatic carbocycles. The molecule has 1 aromatic carbocycles. The van der Waals surface area contributed by atoms with Gasteiger partial charge in [0.15, 0.2) is 0 Å². The minimum absolute atomic E-state index is 0.0457. The van der Waals surface area contributed by atoms with E-state index < -0.39 is 0 Å². The maximum Gasteiger partial charge on any atom is 0.296 e. The average molecular weight is 229 g/mol. The summed E-state index contributed by atoms with van der Waals surface area (Å²) >= 11 is 0. The molecule has 1 atom stereocenters. The summed E-state index contributed by atoms with van der Waals surface area (Å²) in [6.45, 7) is 8.25. The van der Waals surface area contributed by atoms with Crippen molar-refractivity contribution in [2.75, 3.05) is 0 Å². The first-order chi connectivity index (χ1) is 7.89. The molecule has 1 aromatic rings. The highest BCUT2D eigenvalue weighted by Gasteiger charge is 2.20. The Hall–Kier alpha value is -1.75. The van der Waals surface area contributed by atoms with Crippen molar-refractivity contribution in [2.45, 2.75) is 33.7 Å². The highest BCUT2D eigenvalue weighted by molar-refractivity contribution is 5.94. The lowest BCUT2D eigenvalue weighted by Crippen LogP contribution is -2.40. The summed E-state index contributed by atoms with van der Waals surface area (Å²) in [4.78, 5) is 11.6. The van der Waals surface area contributed by atoms with E-state index in [2.05, 4.69) is 37.9 Å². The molecule has 0 bridgehead atoms. The second-order valence-corrected chi connectivity index (χ2v) is 5.18. The van der Waals surface area contributed by atoms with Gasteiger partial charge in [-0.1, -0.05) is 44.9 Å². The molecule has 0 unspecified atom stereocenters. The van der Waals surface area contributed by atoms with Gasteiger partial charge in [0.1, 0.15) is 0 Å². The largest absolute Gasteiger partial charge is 0.342 e. The van der Waals surface area contributed by atoms with Crippen molar-refractivity contribution in [1.82, 2.24) is 5.32 Å². The Morgan fingerprint density at radius 3 is 2.35 bits per heavy atom. The Labute approximate surface area is 103 Å². The van der Waals surface area contributed by atoms with Crippen molar-refractivity contribution in [1.29, 1.82) is 0 Å². The second kappa shape index (κ2) is 5.54. The van der Waals surface area contributed by atoms with Gasteiger partial charge in [-0.2, -0.15) is 0 Å². The van der Waals surface area contributed by atoms with Crippen molar-refractivity contribution < 1.29 is 4.79 Å². The SMILES string of the molecule is C[C@@H](NC(=O)C#Cc1ccccc1)C(C)(C)C. The van der Waals surface area contributed by atoms with E-state index in [0.29, 0.717) is 0 Å². The topological polar surface area (TPSA) is 29.1 Å². The summed E-state index contributed by atoms with van der Waals surface area (Å²) in [5, 5.41) is 2.88. The first kappa shape index (κ1) is 13.3. The van der Waals surface area contributed by atoms with Gasteiger partial charge in [-0.05, 0) is 24.5 Å². The number of rotatable bonds is 1. The molecule has 0 spiro atoms. The lowest BCUT2D eigenvalue weighted by molar-refractivity contribution is -0.116. The van der Waals surface area contributed by atoms with Gasteiger partial charge in [0.05, 0.1) is 0 Å². The normalized spacial score (nSPS) is 12.2. The molecule has 0 aromatic heterocycles. The van der Waals surface area contributed by atoms with Crippen LogP contribution in [0.5, 0.6) is 0 Å². The van der Waals surface area contributed by atoms with Crippen LogP contribution in [-0.4, -0.2) is 11.9 Å². The molecule has 0 radical (unpaired) electrons. The van der Waals surface area contributed by atoms with E-state index in [1.165, 1.54) is 0 Å². The Kier molecular flexibility index (Phi) is 4.34. The maximum atomic E-state index is 11.6. The number of benzene rings is 1. The van der Waals surface area contributed by atoms with E-state index >= 15 is 0 Å². The fraction of sp³-hybridized carbons (Fsp3) is 0.400. The van der Waals surface area contributed by atoms with Crippen LogP contribution in [0.2, 0.25) is 0 Å². The van der Waals surface area contributed by atoms with Crippen LogP contribution in [0, 0.1) is 17.3 Å². The highest BCUT2D eigenvalue weighted by Crippen LogP contribution is 2.18. The number of nitrogens with one attached hydrogen (secondary N) is 1. The molecule has 90 valence electrons. The Balaban J connectivity index is 2.60. The third kappa shape index (κ3) is 4.74. The Bertz CT molecular complexity index is 431. The molecular weight excluding hydrogens is 210 g/mol. The van der Waals surface area contributed by atoms with E-state index in [9.17, 15) is 4.79 Å². The van der Waals surface area contributed by atoms with Gasteiger partial charge in [0.2, 0.25) is 0 Å². The first-order valence-electron chi connectivity index (χ1n) is 5.77. The predicted octanol–water partition coefficient (Wildman–Crippen LogP) is 2.59. The zero-order valence-electron chi connectivity index (χ0n) is 10.9. The van der Waals surface area contributed by atoms with Gasteiger partial charge in [-0.3, -0.25) is 4.79 Å². The van der Waals surface area contributed by atoms with Crippen LogP contribution in [0.4, 0.5) is 0 Å². The molecule has 1 N–H and O–H groups in total. The van der Waals surface area contributed by atoms with Gasteiger partial charge >= 0.3 is 0 Å². The summed E-state index contributed by atoms with van der Waals surface area (Å²) in [7, 11) is 0. The lowest BCUT2D eigenvalue weighted by atomic mass is 9.88. The number of hydrogen-bond acceptors (Lipinski definition) is 1. The maximum absolute atomic E-state index is 11.6. The van der Waals surface area contributed by atoms with Gasteiger partial charge in [-0.15, -0.1) is 0 Å². The minimum atomic E-state index is -0.226. The van der Waals surface area contributed by atoms with Crippen LogP contribution in [0.3, 0.4) is 0 Å². The number of hydrogen-bond donors (Lipinski definition) is 1. The van der Waals surface area contributed by atoms with Crippen LogP contribution >= 0.6 is 0 Å². The number of carbonyl (C=O) groups is 1. The smallest absolute Gasteiger partial charge is 0.296 e. The van der Waals surface area contributed by atoms with Crippen molar-refractivity contribution in [3.63, 3.8) is 0 Å². The molecule has 0 saturated heterocycles. The van der Waals surface area contributed by atoms with E-state index in [0.717, 1.165) is 5.56 Å². The monoisotopic (exact) mass is 229 g/mol. The highest BCUT2D eigenvalue weighted by atomic mass is 16.1. The minimum Gasteiger partial charge on any atom is -0.342 e. The van der Waals surface area contributed by atoms with E-state index in [-0.39, 0.29) is 17.4 Å². The molecule has 0 aliphatic rings. The molecule has 0 heterocycles. The van der Waals surface area contributed by atoms with Crippen molar-refractivity contribution >= 4 is 5.91 Å². The van der Waals surface area contributed by atoms with Gasteiger partial charge in [0, 0.05) is 17.5 Å². The molecule has 2 heteroatoms. The van der Waals surface area contributed by atoms with E-state index in [1.54, 1.807) is 0 Å². The van der Waals surface area contributed by atoms with Gasteiger partial charge < -0.3 is 5.32 Å². The molecular formula is C15H19NO. The van der Waals surface area contributed by atoms with Crippen LogP contribution < -0.4 is 5.32 Å². The molecule has 2 nitrogen and oxygen atoms in total. The van der Waals surface area contributed by atoms with Crippen LogP contribution in [0.1, 0.15) is 33.3 Å². The fourth-order valence-corrected chi connectivity index (χ4v) is 1.10. The van der Waals surface area contributed by atoms with E-state index in [1.807, 2.05) is 37.3 Å². The quantitative estimate of drug-likeness (QED) is 0.737. The Morgan fingerprint density at radius 1 is 1.24 bits per heavy atom. The third-order valence-electron chi connectivity index (χ3n) is 2.74. The Morgan fingerprint density at radius 2 is 1.82 bits per heavy atom. The van der Waals surface area contributed by atoms with Crippen LogP contribution in [-0.2, 0) is 4.79 Å². The standard InChI is InChI=1S/C15H19NO/c1-12(15(2,3)4)16-14(17)11-10-13-8-6-5-7-9-13/h5-9,12H,1-4H3,(H,16,17)/t12-/m1/s1. The van der Waals surface area contributed by atoms with Crippen molar-refractivity contribution in [3.8, 4) is 11.8 Å². The molecule has 0 saturated carbocycles. The molecule has 0 fully saturated rings. The summed E-state index contributed by atoms with van der Waals surface area (Å²) in [6.07, 6.45) is 0. The third-order valence-corrected chi connectivity index (χ3v) is 2.74. The average Bonchev–Trinajstić information content (AvgIpc) is 2.26. The van der Waals surface area contributed by atoms with Crippen molar-refractivity contribution in [2.24, 2.45) is 5.41 Å². The first-order valence-corrected chi connectivity index (χ1v) is 5.77. The zero-order valence-corrected chi connectivity index (χ0v) is 10.9. The molecule has 17 heavy (non-hydrogen) atoms. The van der Waals surface area contributed by atoms with E-state index in [4.69, 9.17) is 0 Å². The molecule has 1 amide bonds. The lowest BCUT2D eigenvalue weighted by Gasteiger charge is -2.27. The van der Waals surface area contributed by atoms with Crippen LogP contribution in [0.25, 0.3) is 0 Å². The van der Waals surface area contributed by atoms with Gasteiger partial charge in [0.25, 0.3) is 5.91 Å². The summed E-state index contributed by atoms with van der Waals surface area (Å²) in [5.41, 5.74) is 0.899. The predicted molar refractivity (Wildman–Crippen MR) is 70.4 cm³/mol. The van der Waals surface area contributed by atoms with Crippen LogP contribution in [0.15, 0.2) is 30.3 Å². The van der Waals surface area contributed by atoms with Crippen molar-refractivity contribution in [3.05, 3.63) is 35.9 Å². The fourth-order valence-electron chi connectivity index (χ4n) is 1.10. The zero-order chi connectivity index (χ0) is 12.9. The van der Waals surface area contributed by atoms with Gasteiger partial charge in [-0.25, -0.2) is 0 Å². The molecule has 0 aliphatic heterocycles. The summed E-state index contributed by atoms with van der Waals surface area (Å²) in [6, 6.07) is 9.59. The number of carbonyl (C=O) groups excluding carboxylic acids is 1. The summed E-state index contributed by atoms with van der Waals surface area (Å²) < 4.78 is 0. The second-order valence-electron chi connectivity index (χ2n) is 5.18.